The Balaban J connectivity index is 1.92. The summed E-state index contributed by atoms with van der Waals surface area (Å²) in [5.41, 5.74) is 0. The van der Waals surface area contributed by atoms with Crippen LogP contribution in [0.3, 0.4) is 0 Å². The number of carbonyl (C=O) groups is 2. The van der Waals surface area contributed by atoms with Crippen LogP contribution in [0.4, 0.5) is 4.79 Å². The first-order valence-corrected chi connectivity index (χ1v) is 9.22. The summed E-state index contributed by atoms with van der Waals surface area (Å²) >= 11 is 1.48. The molecule has 1 aliphatic rings. The standard InChI is InChI=1S/C16H26N4O3S/c1-12(2)15(22)19-6-3-4-13(10-19)18-16(23)20(7-8-21)11-14-17-5-9-24-14/h5,9,12-13,21H,3-4,6-8,10-11H2,1-2H3,(H,18,23)/t13-/m0/s1. The smallest absolute Gasteiger partial charge is 0.318 e. The summed E-state index contributed by atoms with van der Waals surface area (Å²) in [5, 5.41) is 14.9. The van der Waals surface area contributed by atoms with Gasteiger partial charge in [-0.3, -0.25) is 4.79 Å². The number of carbonyl (C=O) groups excluding carboxylic acids is 2. The molecule has 0 aliphatic carbocycles. The van der Waals surface area contributed by atoms with Gasteiger partial charge in [0.15, 0.2) is 0 Å². The largest absolute Gasteiger partial charge is 0.395 e. The van der Waals surface area contributed by atoms with E-state index in [0.29, 0.717) is 13.1 Å². The molecule has 134 valence electrons. The Morgan fingerprint density at radius 1 is 1.54 bits per heavy atom. The highest BCUT2D eigenvalue weighted by atomic mass is 32.1. The van der Waals surface area contributed by atoms with Crippen molar-refractivity contribution < 1.29 is 14.7 Å². The molecule has 7 nitrogen and oxygen atoms in total. The summed E-state index contributed by atoms with van der Waals surface area (Å²) in [6, 6.07) is -0.269. The Kier molecular flexibility index (Phi) is 6.99. The van der Waals surface area contributed by atoms with E-state index < -0.39 is 0 Å². The third-order valence-corrected chi connectivity index (χ3v) is 4.79. The first-order chi connectivity index (χ1) is 11.5. The molecule has 1 aromatic heterocycles. The predicted molar refractivity (Wildman–Crippen MR) is 92.6 cm³/mol. The molecule has 0 radical (unpaired) electrons. The number of nitrogens with one attached hydrogen (secondary N) is 1. The summed E-state index contributed by atoms with van der Waals surface area (Å²) in [4.78, 5) is 32.2. The first kappa shape index (κ1) is 18.7. The van der Waals surface area contributed by atoms with E-state index in [1.54, 1.807) is 11.1 Å². The Bertz CT molecular complexity index is 535. The normalized spacial score (nSPS) is 17.8. The van der Waals surface area contributed by atoms with Crippen LogP contribution in [-0.2, 0) is 11.3 Å². The highest BCUT2D eigenvalue weighted by Gasteiger charge is 2.27. The van der Waals surface area contributed by atoms with E-state index in [0.717, 1.165) is 24.4 Å². The van der Waals surface area contributed by atoms with Crippen molar-refractivity contribution in [3.05, 3.63) is 16.6 Å². The van der Waals surface area contributed by atoms with Gasteiger partial charge in [-0.15, -0.1) is 11.3 Å². The number of hydrogen-bond acceptors (Lipinski definition) is 5. The number of aromatic nitrogens is 1. The van der Waals surface area contributed by atoms with Crippen LogP contribution in [0.2, 0.25) is 0 Å². The summed E-state index contributed by atoms with van der Waals surface area (Å²) in [5.74, 6) is 0.0965. The molecule has 2 N–H and O–H groups in total. The number of thiazole rings is 1. The molecule has 1 saturated heterocycles. The Hall–Kier alpha value is -1.67. The molecule has 2 rings (SSSR count). The molecule has 1 atom stereocenters. The second-order valence-corrected chi connectivity index (χ2v) is 7.28. The van der Waals surface area contributed by atoms with Crippen molar-refractivity contribution in [2.24, 2.45) is 5.92 Å². The lowest BCUT2D eigenvalue weighted by Crippen LogP contribution is -2.53. The number of urea groups is 1. The van der Waals surface area contributed by atoms with Crippen LogP contribution in [0, 0.1) is 5.92 Å². The molecule has 0 unspecified atom stereocenters. The third-order valence-electron chi connectivity index (χ3n) is 4.02. The van der Waals surface area contributed by atoms with Crippen molar-refractivity contribution in [2.75, 3.05) is 26.2 Å². The molecule has 0 saturated carbocycles. The predicted octanol–water partition coefficient (Wildman–Crippen LogP) is 1.29. The minimum Gasteiger partial charge on any atom is -0.395 e. The van der Waals surface area contributed by atoms with E-state index in [1.165, 1.54) is 11.3 Å². The third kappa shape index (κ3) is 5.17. The highest BCUT2D eigenvalue weighted by molar-refractivity contribution is 7.09. The van der Waals surface area contributed by atoms with Gasteiger partial charge in [0.05, 0.1) is 13.2 Å². The van der Waals surface area contributed by atoms with E-state index in [1.807, 2.05) is 24.1 Å². The van der Waals surface area contributed by atoms with E-state index in [-0.39, 0.29) is 37.0 Å². The van der Waals surface area contributed by atoms with Crippen molar-refractivity contribution in [1.82, 2.24) is 20.1 Å². The zero-order valence-corrected chi connectivity index (χ0v) is 15.1. The summed E-state index contributed by atoms with van der Waals surface area (Å²) < 4.78 is 0. The van der Waals surface area contributed by atoms with Crippen LogP contribution in [0.1, 0.15) is 31.7 Å². The zero-order chi connectivity index (χ0) is 17.5. The van der Waals surface area contributed by atoms with Crippen LogP contribution in [0.15, 0.2) is 11.6 Å². The van der Waals surface area contributed by atoms with Crippen LogP contribution in [0.5, 0.6) is 0 Å². The Morgan fingerprint density at radius 3 is 2.96 bits per heavy atom. The van der Waals surface area contributed by atoms with E-state index in [2.05, 4.69) is 10.3 Å². The molecule has 1 aliphatic heterocycles. The Labute approximate surface area is 146 Å². The zero-order valence-electron chi connectivity index (χ0n) is 14.3. The summed E-state index contributed by atoms with van der Waals surface area (Å²) in [6.07, 6.45) is 3.44. The number of likely N-dealkylation sites (tertiary alicyclic amines) is 1. The fourth-order valence-electron chi connectivity index (χ4n) is 2.79. The minimum absolute atomic E-state index is 0.0322. The van der Waals surface area contributed by atoms with Gasteiger partial charge >= 0.3 is 6.03 Å². The van der Waals surface area contributed by atoms with Crippen LogP contribution in [0.25, 0.3) is 0 Å². The van der Waals surface area contributed by atoms with Gasteiger partial charge < -0.3 is 20.2 Å². The number of aliphatic hydroxyl groups excluding tert-OH is 1. The second-order valence-electron chi connectivity index (χ2n) is 6.30. The number of hydrogen-bond donors (Lipinski definition) is 2. The summed E-state index contributed by atoms with van der Waals surface area (Å²) in [6.45, 7) is 5.62. The van der Waals surface area contributed by atoms with Crippen molar-refractivity contribution >= 4 is 23.3 Å². The van der Waals surface area contributed by atoms with Crippen LogP contribution < -0.4 is 5.32 Å². The molecule has 0 aromatic carbocycles. The van der Waals surface area contributed by atoms with Gasteiger partial charge in [0.25, 0.3) is 0 Å². The van der Waals surface area contributed by atoms with Gasteiger partial charge in [-0.2, -0.15) is 0 Å². The molecule has 0 spiro atoms. The molecular formula is C16H26N4O3S. The van der Waals surface area contributed by atoms with Crippen molar-refractivity contribution in [2.45, 2.75) is 39.3 Å². The van der Waals surface area contributed by atoms with Crippen molar-refractivity contribution in [3.8, 4) is 0 Å². The molecule has 24 heavy (non-hydrogen) atoms. The van der Waals surface area contributed by atoms with Gasteiger partial charge in [-0.05, 0) is 12.8 Å². The van der Waals surface area contributed by atoms with Gasteiger partial charge in [-0.25, -0.2) is 9.78 Å². The lowest BCUT2D eigenvalue weighted by Gasteiger charge is -2.35. The van der Waals surface area contributed by atoms with Gasteiger partial charge in [0.2, 0.25) is 5.91 Å². The average molecular weight is 354 g/mol. The fourth-order valence-corrected chi connectivity index (χ4v) is 3.42. The van der Waals surface area contributed by atoms with Crippen molar-refractivity contribution in [3.63, 3.8) is 0 Å². The molecular weight excluding hydrogens is 328 g/mol. The van der Waals surface area contributed by atoms with E-state index in [9.17, 15) is 14.7 Å². The number of aliphatic hydroxyl groups is 1. The highest BCUT2D eigenvalue weighted by Crippen LogP contribution is 2.14. The molecule has 3 amide bonds. The lowest BCUT2D eigenvalue weighted by molar-refractivity contribution is -0.135. The monoisotopic (exact) mass is 354 g/mol. The van der Waals surface area contributed by atoms with Crippen LogP contribution >= 0.6 is 11.3 Å². The van der Waals surface area contributed by atoms with E-state index in [4.69, 9.17) is 0 Å². The molecule has 2 heterocycles. The second kappa shape index (κ2) is 8.98. The van der Waals surface area contributed by atoms with E-state index >= 15 is 0 Å². The lowest BCUT2D eigenvalue weighted by atomic mass is 10.0. The van der Waals surface area contributed by atoms with Crippen molar-refractivity contribution in [1.29, 1.82) is 0 Å². The van der Waals surface area contributed by atoms with Crippen LogP contribution in [-0.4, -0.2) is 64.1 Å². The number of amides is 3. The SMILES string of the molecule is CC(C)C(=O)N1CCC[C@H](NC(=O)N(CCO)Cc2nccs2)C1. The van der Waals surface area contributed by atoms with Gasteiger partial charge in [0.1, 0.15) is 5.01 Å². The Morgan fingerprint density at radius 2 is 2.33 bits per heavy atom. The fraction of sp³-hybridized carbons (Fsp3) is 0.688. The molecule has 0 bridgehead atoms. The molecule has 8 heteroatoms. The number of nitrogens with zero attached hydrogens (tertiary/aromatic N) is 3. The summed E-state index contributed by atoms with van der Waals surface area (Å²) in [7, 11) is 0. The quantitative estimate of drug-likeness (QED) is 0.806. The first-order valence-electron chi connectivity index (χ1n) is 8.34. The van der Waals surface area contributed by atoms with Gasteiger partial charge in [0, 0.05) is 43.2 Å². The maximum Gasteiger partial charge on any atom is 0.318 e. The maximum atomic E-state index is 12.5. The number of piperidine rings is 1. The topological polar surface area (TPSA) is 85.8 Å². The van der Waals surface area contributed by atoms with Gasteiger partial charge in [-0.1, -0.05) is 13.8 Å². The maximum absolute atomic E-state index is 12.5. The molecule has 1 aromatic rings. The minimum atomic E-state index is -0.219. The number of rotatable bonds is 6. The molecule has 1 fully saturated rings. The average Bonchev–Trinajstić information content (AvgIpc) is 3.07.